The molecule has 0 saturated heterocycles. The van der Waals surface area contributed by atoms with E-state index >= 15 is 0 Å². The van der Waals surface area contributed by atoms with Gasteiger partial charge >= 0.3 is 5.97 Å². The van der Waals surface area contributed by atoms with E-state index in [1.807, 2.05) is 38.1 Å². The van der Waals surface area contributed by atoms with Gasteiger partial charge in [-0.1, -0.05) is 12.1 Å². The molecule has 1 atom stereocenters. The van der Waals surface area contributed by atoms with Crippen molar-refractivity contribution < 1.29 is 24.2 Å². The number of esters is 1. The van der Waals surface area contributed by atoms with Gasteiger partial charge in [-0.05, 0) is 51.5 Å². The third-order valence-electron chi connectivity index (χ3n) is 3.34. The van der Waals surface area contributed by atoms with Crippen LogP contribution in [0.4, 0.5) is 0 Å². The molecule has 1 rings (SSSR count). The lowest BCUT2D eigenvalue weighted by Gasteiger charge is -2.22. The van der Waals surface area contributed by atoms with Gasteiger partial charge in [-0.25, -0.2) is 0 Å². The zero-order valence-electron chi connectivity index (χ0n) is 16.0. The van der Waals surface area contributed by atoms with Crippen LogP contribution in [0.1, 0.15) is 39.7 Å². The van der Waals surface area contributed by atoms with E-state index in [-0.39, 0.29) is 37.5 Å². The van der Waals surface area contributed by atoms with E-state index in [0.717, 1.165) is 11.3 Å². The molecule has 6 heteroatoms. The van der Waals surface area contributed by atoms with Gasteiger partial charge in [0.05, 0.1) is 25.2 Å². The van der Waals surface area contributed by atoms with Gasteiger partial charge in [0.25, 0.3) is 0 Å². The number of carbonyl (C=O) groups is 2. The average Bonchev–Trinajstić information content (AvgIpc) is 2.56. The molecule has 1 aromatic carbocycles. The molecule has 1 amide bonds. The molecule has 0 radical (unpaired) electrons. The molecular weight excluding hydrogens is 334 g/mol. The molecule has 0 fully saturated rings. The lowest BCUT2D eigenvalue weighted by Crippen LogP contribution is -2.37. The minimum Gasteiger partial charge on any atom is -0.491 e. The second kappa shape index (κ2) is 11.3. The van der Waals surface area contributed by atoms with Crippen molar-refractivity contribution in [2.45, 2.75) is 46.3 Å². The molecule has 6 nitrogen and oxygen atoms in total. The number of nitrogens with zero attached hydrogens (tertiary/aromatic N) is 1. The van der Waals surface area contributed by atoms with Crippen LogP contribution in [0, 0.1) is 0 Å². The van der Waals surface area contributed by atoms with Gasteiger partial charge in [-0.3, -0.25) is 9.59 Å². The van der Waals surface area contributed by atoms with Crippen molar-refractivity contribution >= 4 is 18.0 Å². The summed E-state index contributed by atoms with van der Waals surface area (Å²) in [5.74, 6) is 0.0986. The summed E-state index contributed by atoms with van der Waals surface area (Å²) in [5.41, 5.74) is 0.832. The first-order valence-electron chi connectivity index (χ1n) is 8.89. The molecule has 0 aromatic heterocycles. The van der Waals surface area contributed by atoms with Crippen molar-refractivity contribution in [1.29, 1.82) is 0 Å². The normalized spacial score (nSPS) is 12.2. The van der Waals surface area contributed by atoms with Crippen LogP contribution in [0.15, 0.2) is 30.3 Å². The molecule has 1 aromatic rings. The van der Waals surface area contributed by atoms with Crippen molar-refractivity contribution in [2.24, 2.45) is 0 Å². The molecular formula is C20H29NO5. The van der Waals surface area contributed by atoms with Crippen molar-refractivity contribution in [2.75, 3.05) is 19.7 Å². The topological polar surface area (TPSA) is 76.1 Å². The number of aliphatic hydroxyl groups is 1. The Morgan fingerprint density at radius 3 is 2.62 bits per heavy atom. The average molecular weight is 363 g/mol. The number of rotatable bonds is 10. The Kier molecular flexibility index (Phi) is 9.44. The number of benzene rings is 1. The second-order valence-corrected chi connectivity index (χ2v) is 6.26. The molecule has 0 heterocycles. The first kappa shape index (κ1) is 21.7. The van der Waals surface area contributed by atoms with E-state index in [0.29, 0.717) is 6.61 Å². The van der Waals surface area contributed by atoms with Gasteiger partial charge in [-0.15, -0.1) is 0 Å². The molecule has 1 N–H and O–H groups in total. The fourth-order valence-electron chi connectivity index (χ4n) is 2.31. The van der Waals surface area contributed by atoms with Gasteiger partial charge in [0.2, 0.25) is 5.91 Å². The van der Waals surface area contributed by atoms with Crippen LogP contribution in [0.3, 0.4) is 0 Å². The number of ether oxygens (including phenoxy) is 2. The molecule has 0 aliphatic carbocycles. The fraction of sp³-hybridized carbons (Fsp3) is 0.500. The van der Waals surface area contributed by atoms with Crippen LogP contribution >= 0.6 is 0 Å². The summed E-state index contributed by atoms with van der Waals surface area (Å²) in [4.78, 5) is 25.4. The standard InChI is InChI=1S/C20H29NO5/c1-5-25-20(24)11-12-21(14-16(4)22)19(23)10-9-17-7-6-8-18(13-17)26-15(2)3/h6-10,13,15-16,22H,5,11-12,14H2,1-4H3/b10-9+. The number of aliphatic hydroxyl groups excluding tert-OH is 1. The number of hydrogen-bond donors (Lipinski definition) is 1. The van der Waals surface area contributed by atoms with E-state index < -0.39 is 6.10 Å². The van der Waals surface area contributed by atoms with Crippen LogP contribution in [0.2, 0.25) is 0 Å². The SMILES string of the molecule is CCOC(=O)CCN(CC(C)O)C(=O)/C=C/c1cccc(OC(C)C)c1. The summed E-state index contributed by atoms with van der Waals surface area (Å²) < 4.78 is 10.5. The van der Waals surface area contributed by atoms with E-state index in [1.54, 1.807) is 19.9 Å². The van der Waals surface area contributed by atoms with Crippen LogP contribution in [-0.4, -0.2) is 53.8 Å². The quantitative estimate of drug-likeness (QED) is 0.511. The first-order valence-corrected chi connectivity index (χ1v) is 8.89. The minimum atomic E-state index is -0.683. The highest BCUT2D eigenvalue weighted by atomic mass is 16.5. The number of hydrogen-bond acceptors (Lipinski definition) is 5. The lowest BCUT2D eigenvalue weighted by atomic mass is 10.2. The Morgan fingerprint density at radius 2 is 2.00 bits per heavy atom. The van der Waals surface area contributed by atoms with Crippen molar-refractivity contribution in [1.82, 2.24) is 4.90 Å². The Labute approximate surface area is 155 Å². The molecule has 144 valence electrons. The Morgan fingerprint density at radius 1 is 1.27 bits per heavy atom. The summed E-state index contributed by atoms with van der Waals surface area (Å²) in [6.07, 6.45) is 2.60. The van der Waals surface area contributed by atoms with Crippen molar-refractivity contribution in [3.63, 3.8) is 0 Å². The Bertz CT molecular complexity index is 610. The summed E-state index contributed by atoms with van der Waals surface area (Å²) in [7, 11) is 0. The smallest absolute Gasteiger partial charge is 0.307 e. The second-order valence-electron chi connectivity index (χ2n) is 6.26. The van der Waals surface area contributed by atoms with Crippen molar-refractivity contribution in [3.8, 4) is 5.75 Å². The summed E-state index contributed by atoms with van der Waals surface area (Å²) in [6, 6.07) is 7.43. The highest BCUT2D eigenvalue weighted by Crippen LogP contribution is 2.16. The van der Waals surface area contributed by atoms with Gasteiger partial charge in [-0.2, -0.15) is 0 Å². The largest absolute Gasteiger partial charge is 0.491 e. The molecule has 0 aliphatic heterocycles. The zero-order chi connectivity index (χ0) is 19.5. The molecule has 0 bridgehead atoms. The highest BCUT2D eigenvalue weighted by molar-refractivity contribution is 5.92. The van der Waals surface area contributed by atoms with Crippen LogP contribution < -0.4 is 4.74 Å². The van der Waals surface area contributed by atoms with Crippen LogP contribution in [0.5, 0.6) is 5.75 Å². The Hall–Kier alpha value is -2.34. The maximum Gasteiger partial charge on any atom is 0.307 e. The first-order chi connectivity index (χ1) is 12.3. The third-order valence-corrected chi connectivity index (χ3v) is 3.34. The van der Waals surface area contributed by atoms with Gasteiger partial charge < -0.3 is 19.5 Å². The highest BCUT2D eigenvalue weighted by Gasteiger charge is 2.15. The van der Waals surface area contributed by atoms with E-state index in [2.05, 4.69) is 0 Å². The predicted molar refractivity (Wildman–Crippen MR) is 101 cm³/mol. The Balaban J connectivity index is 2.75. The maximum absolute atomic E-state index is 12.4. The lowest BCUT2D eigenvalue weighted by molar-refractivity contribution is -0.144. The summed E-state index contributed by atoms with van der Waals surface area (Å²) in [6.45, 7) is 7.88. The third kappa shape index (κ3) is 8.67. The molecule has 26 heavy (non-hydrogen) atoms. The summed E-state index contributed by atoms with van der Waals surface area (Å²) >= 11 is 0. The molecule has 1 unspecified atom stereocenters. The predicted octanol–water partition coefficient (Wildman–Crippen LogP) is 2.65. The van der Waals surface area contributed by atoms with Gasteiger partial charge in [0.1, 0.15) is 5.75 Å². The van der Waals surface area contributed by atoms with Gasteiger partial charge in [0.15, 0.2) is 0 Å². The maximum atomic E-state index is 12.4. The molecule has 0 saturated carbocycles. The fourth-order valence-corrected chi connectivity index (χ4v) is 2.31. The number of amides is 1. The monoisotopic (exact) mass is 363 g/mol. The van der Waals surface area contributed by atoms with E-state index in [4.69, 9.17) is 9.47 Å². The molecule has 0 aliphatic rings. The summed E-state index contributed by atoms with van der Waals surface area (Å²) in [5, 5.41) is 9.60. The van der Waals surface area contributed by atoms with Crippen LogP contribution in [-0.2, 0) is 14.3 Å². The van der Waals surface area contributed by atoms with Gasteiger partial charge in [0, 0.05) is 19.2 Å². The number of carbonyl (C=O) groups excluding carboxylic acids is 2. The van der Waals surface area contributed by atoms with E-state index in [1.165, 1.54) is 11.0 Å². The zero-order valence-corrected chi connectivity index (χ0v) is 16.0. The van der Waals surface area contributed by atoms with E-state index in [9.17, 15) is 14.7 Å². The van der Waals surface area contributed by atoms with Crippen LogP contribution in [0.25, 0.3) is 6.08 Å². The molecule has 0 spiro atoms. The minimum absolute atomic E-state index is 0.0697. The van der Waals surface area contributed by atoms with Crippen molar-refractivity contribution in [3.05, 3.63) is 35.9 Å².